The Kier molecular flexibility index (Phi) is 11.3. The molecule has 0 saturated carbocycles. The van der Waals surface area contributed by atoms with Gasteiger partial charge in [-0.25, -0.2) is 0 Å². The molecule has 0 radical (unpaired) electrons. The van der Waals surface area contributed by atoms with E-state index < -0.39 is 5.60 Å². The molecule has 4 heteroatoms. The van der Waals surface area contributed by atoms with Gasteiger partial charge in [-0.15, -0.1) is 0 Å². The van der Waals surface area contributed by atoms with Crippen LogP contribution in [0.25, 0.3) is 0 Å². The molecule has 2 aromatic rings. The predicted molar refractivity (Wildman–Crippen MR) is 119 cm³/mol. The Morgan fingerprint density at radius 3 is 2.13 bits per heavy atom. The standard InChI is InChI=1S/C26H37NO2.Li/c1-6-7-18-24(19-25(28)29-26(3,4)5)27(20-22-14-10-8-11-15-22)21(2)23-16-12-9-13-17-23;/h8-17,19,21,24,28H,6-7,18,20H2,1-5H3;/q;+1/p-1/b25-19+;/t21-,24?;/m0./s1. The Labute approximate surface area is 195 Å². The topological polar surface area (TPSA) is 35.5 Å². The van der Waals surface area contributed by atoms with Crippen LogP contribution in [0.15, 0.2) is 72.7 Å². The van der Waals surface area contributed by atoms with Crippen LogP contribution in [0.4, 0.5) is 0 Å². The first-order valence-electron chi connectivity index (χ1n) is 10.7. The molecule has 0 amide bonds. The monoisotopic (exact) mass is 401 g/mol. The van der Waals surface area contributed by atoms with Crippen LogP contribution < -0.4 is 24.0 Å². The van der Waals surface area contributed by atoms with E-state index in [1.807, 2.05) is 32.9 Å². The van der Waals surface area contributed by atoms with Gasteiger partial charge in [0.05, 0.1) is 0 Å². The molecule has 3 nitrogen and oxygen atoms in total. The van der Waals surface area contributed by atoms with Crippen LogP contribution in [0.5, 0.6) is 0 Å². The molecule has 2 aromatic carbocycles. The number of unbranched alkanes of at least 4 members (excludes halogenated alkanes) is 1. The minimum Gasteiger partial charge on any atom is -0.608 e. The van der Waals surface area contributed by atoms with Crippen molar-refractivity contribution < 1.29 is 28.7 Å². The maximum Gasteiger partial charge on any atom is 1.00 e. The number of nitrogens with zero attached hydrogens (tertiary/aromatic N) is 1. The second kappa shape index (κ2) is 12.9. The normalized spacial score (nSPS) is 14.1. The summed E-state index contributed by atoms with van der Waals surface area (Å²) in [6, 6.07) is 21.2. The van der Waals surface area contributed by atoms with Crippen molar-refractivity contribution in [2.75, 3.05) is 0 Å². The van der Waals surface area contributed by atoms with Gasteiger partial charge in [-0.2, -0.15) is 0 Å². The van der Waals surface area contributed by atoms with Gasteiger partial charge in [-0.05, 0) is 30.5 Å². The third-order valence-corrected chi connectivity index (χ3v) is 5.00. The molecule has 0 aliphatic heterocycles. The summed E-state index contributed by atoms with van der Waals surface area (Å²) in [6.45, 7) is 10.9. The largest absolute Gasteiger partial charge is 1.00 e. The van der Waals surface area contributed by atoms with Crippen LogP contribution in [0.3, 0.4) is 0 Å². The first kappa shape index (κ1) is 26.4. The number of benzene rings is 2. The molecular weight excluding hydrogens is 365 g/mol. The maximum absolute atomic E-state index is 12.6. The van der Waals surface area contributed by atoms with Crippen molar-refractivity contribution in [3.05, 3.63) is 83.8 Å². The van der Waals surface area contributed by atoms with E-state index in [4.69, 9.17) is 4.74 Å². The van der Waals surface area contributed by atoms with Gasteiger partial charge < -0.3 is 9.84 Å². The fourth-order valence-electron chi connectivity index (χ4n) is 3.51. The third kappa shape index (κ3) is 9.00. The molecule has 2 rings (SSSR count). The van der Waals surface area contributed by atoms with Gasteiger partial charge in [-0.3, -0.25) is 4.90 Å². The van der Waals surface area contributed by atoms with E-state index in [1.165, 1.54) is 11.1 Å². The van der Waals surface area contributed by atoms with Gasteiger partial charge in [0.1, 0.15) is 0 Å². The van der Waals surface area contributed by atoms with E-state index in [9.17, 15) is 5.11 Å². The fourth-order valence-corrected chi connectivity index (χ4v) is 3.51. The van der Waals surface area contributed by atoms with Crippen molar-refractivity contribution in [2.45, 2.75) is 78.1 Å². The molecule has 0 aromatic heterocycles. The smallest absolute Gasteiger partial charge is 0.608 e. The molecule has 158 valence electrons. The van der Waals surface area contributed by atoms with Crippen LogP contribution in [-0.4, -0.2) is 16.5 Å². The minimum atomic E-state index is -0.488. The number of ether oxygens (including phenoxy) is 1. The molecule has 0 heterocycles. The fraction of sp³-hybridized carbons (Fsp3) is 0.462. The van der Waals surface area contributed by atoms with E-state index in [-0.39, 0.29) is 36.9 Å². The van der Waals surface area contributed by atoms with Crippen molar-refractivity contribution >= 4 is 0 Å². The van der Waals surface area contributed by atoms with Gasteiger partial charge in [0, 0.05) is 30.2 Å². The summed E-state index contributed by atoms with van der Waals surface area (Å²) in [7, 11) is 0. The van der Waals surface area contributed by atoms with E-state index in [2.05, 4.69) is 67.3 Å². The third-order valence-electron chi connectivity index (χ3n) is 5.00. The Balaban J connectivity index is 0.00000450. The molecule has 2 atom stereocenters. The summed E-state index contributed by atoms with van der Waals surface area (Å²) >= 11 is 0. The molecule has 1 unspecified atom stereocenters. The summed E-state index contributed by atoms with van der Waals surface area (Å²) in [5.74, 6) is -0.239. The summed E-state index contributed by atoms with van der Waals surface area (Å²) < 4.78 is 5.61. The molecule has 30 heavy (non-hydrogen) atoms. The molecule has 0 fully saturated rings. The summed E-state index contributed by atoms with van der Waals surface area (Å²) in [5, 5.41) is 12.6. The first-order chi connectivity index (χ1) is 13.8. The number of hydrogen-bond acceptors (Lipinski definition) is 3. The van der Waals surface area contributed by atoms with Crippen molar-refractivity contribution in [3.8, 4) is 0 Å². The second-order valence-corrected chi connectivity index (χ2v) is 8.65. The van der Waals surface area contributed by atoms with Crippen molar-refractivity contribution in [1.82, 2.24) is 4.90 Å². The molecule has 0 saturated heterocycles. The SMILES string of the molecule is CCCCC(/C=C(\[O-])OC(C)(C)C)N(Cc1ccccc1)[C@@H](C)c1ccccc1.[Li+]. The molecule has 0 bridgehead atoms. The number of hydrogen-bond donors (Lipinski definition) is 0. The minimum absolute atomic E-state index is 0. The number of rotatable bonds is 10. The Hall–Kier alpha value is -1.66. The molecule has 0 spiro atoms. The summed E-state index contributed by atoms with van der Waals surface area (Å²) in [4.78, 5) is 2.42. The van der Waals surface area contributed by atoms with Crippen molar-refractivity contribution in [2.24, 2.45) is 0 Å². The van der Waals surface area contributed by atoms with Gasteiger partial charge in [0.2, 0.25) is 0 Å². The van der Waals surface area contributed by atoms with Gasteiger partial charge >= 0.3 is 18.9 Å². The van der Waals surface area contributed by atoms with Gasteiger partial charge in [0.15, 0.2) is 0 Å². The zero-order valence-corrected chi connectivity index (χ0v) is 19.6. The molecular formula is C26H36LiNO2. The van der Waals surface area contributed by atoms with Crippen LogP contribution in [0.1, 0.15) is 71.0 Å². The molecule has 0 aliphatic rings. The Morgan fingerprint density at radius 2 is 1.60 bits per heavy atom. The van der Waals surface area contributed by atoms with E-state index >= 15 is 0 Å². The van der Waals surface area contributed by atoms with Gasteiger partial charge in [-0.1, -0.05) is 101 Å². The summed E-state index contributed by atoms with van der Waals surface area (Å²) in [5.41, 5.74) is 2.01. The maximum atomic E-state index is 12.6. The average molecular weight is 402 g/mol. The second-order valence-electron chi connectivity index (χ2n) is 8.65. The van der Waals surface area contributed by atoms with Crippen molar-refractivity contribution in [3.63, 3.8) is 0 Å². The molecule has 0 N–H and O–H groups in total. The van der Waals surface area contributed by atoms with Crippen LogP contribution in [-0.2, 0) is 11.3 Å². The Morgan fingerprint density at radius 1 is 1.03 bits per heavy atom. The van der Waals surface area contributed by atoms with Crippen LogP contribution >= 0.6 is 0 Å². The Bertz CT molecular complexity index is 741. The van der Waals surface area contributed by atoms with Crippen LogP contribution in [0.2, 0.25) is 0 Å². The zero-order chi connectivity index (χ0) is 21.3. The first-order valence-corrected chi connectivity index (χ1v) is 10.7. The van der Waals surface area contributed by atoms with Crippen molar-refractivity contribution in [1.29, 1.82) is 0 Å². The van der Waals surface area contributed by atoms with E-state index in [0.717, 1.165) is 25.8 Å². The zero-order valence-electron chi connectivity index (χ0n) is 19.6. The molecule has 0 aliphatic carbocycles. The van der Waals surface area contributed by atoms with E-state index in [0.29, 0.717) is 0 Å². The predicted octanol–water partition coefficient (Wildman–Crippen LogP) is 2.83. The van der Waals surface area contributed by atoms with E-state index in [1.54, 1.807) is 6.08 Å². The van der Waals surface area contributed by atoms with Gasteiger partial charge in [0.25, 0.3) is 0 Å². The quantitative estimate of drug-likeness (QED) is 0.454. The summed E-state index contributed by atoms with van der Waals surface area (Å²) in [6.07, 6.45) is 4.87. The van der Waals surface area contributed by atoms with Crippen LogP contribution in [0, 0.1) is 0 Å². The average Bonchev–Trinajstić information content (AvgIpc) is 2.69.